The highest BCUT2D eigenvalue weighted by Crippen LogP contribution is 2.47. The van der Waals surface area contributed by atoms with Crippen molar-refractivity contribution < 1.29 is 8.94 Å². The highest BCUT2D eigenvalue weighted by atomic mass is 16.5. The fourth-order valence-corrected chi connectivity index (χ4v) is 3.36. The van der Waals surface area contributed by atoms with Crippen molar-refractivity contribution in [2.75, 3.05) is 0 Å². The van der Waals surface area contributed by atoms with E-state index in [9.17, 15) is 0 Å². The van der Waals surface area contributed by atoms with Crippen LogP contribution < -0.4 is 0 Å². The van der Waals surface area contributed by atoms with Crippen molar-refractivity contribution in [2.45, 2.75) is 70.0 Å². The molecule has 0 spiro atoms. The third kappa shape index (κ3) is 2.94. The number of aromatic nitrogens is 2. The van der Waals surface area contributed by atoms with E-state index in [0.717, 1.165) is 42.2 Å². The summed E-state index contributed by atoms with van der Waals surface area (Å²) in [5.74, 6) is 5.86. The predicted octanol–water partition coefficient (Wildman–Crippen LogP) is 3.83. The fraction of sp³-hybridized carbons (Fsp3) is 0.667. The zero-order valence-electron chi connectivity index (χ0n) is 13.6. The maximum atomic E-state index is 6.07. The molecule has 3 aliphatic carbocycles. The zero-order valence-corrected chi connectivity index (χ0v) is 13.6. The van der Waals surface area contributed by atoms with Gasteiger partial charge >= 0.3 is 0 Å². The highest BCUT2D eigenvalue weighted by molar-refractivity contribution is 5.18. The molecule has 0 saturated heterocycles. The Hall–Kier alpha value is -1.62. The van der Waals surface area contributed by atoms with Crippen molar-refractivity contribution in [3.05, 3.63) is 35.4 Å². The van der Waals surface area contributed by atoms with E-state index >= 15 is 0 Å². The van der Waals surface area contributed by atoms with Gasteiger partial charge in [0.05, 0.1) is 13.1 Å². The second-order valence-corrected chi connectivity index (χ2v) is 7.58. The van der Waals surface area contributed by atoms with Gasteiger partial charge in [-0.15, -0.1) is 0 Å². The van der Waals surface area contributed by atoms with E-state index in [1.165, 1.54) is 32.1 Å². The van der Waals surface area contributed by atoms with Gasteiger partial charge < -0.3 is 8.94 Å². The lowest BCUT2D eigenvalue weighted by atomic mass is 10.3. The van der Waals surface area contributed by atoms with E-state index in [4.69, 9.17) is 8.94 Å². The summed E-state index contributed by atoms with van der Waals surface area (Å²) in [6.45, 7) is 3.86. The molecular weight excluding hydrogens is 290 g/mol. The van der Waals surface area contributed by atoms with Crippen LogP contribution >= 0.6 is 0 Å². The van der Waals surface area contributed by atoms with Crippen molar-refractivity contribution in [2.24, 2.45) is 5.92 Å². The van der Waals surface area contributed by atoms with Crippen LogP contribution in [0, 0.1) is 5.92 Å². The van der Waals surface area contributed by atoms with Crippen LogP contribution in [0.1, 0.15) is 74.1 Å². The first kappa shape index (κ1) is 13.8. The lowest BCUT2D eigenvalue weighted by Crippen LogP contribution is -2.25. The average Bonchev–Trinajstić information content (AvgIpc) is 3.47. The summed E-state index contributed by atoms with van der Waals surface area (Å²) >= 11 is 0. The molecule has 0 aliphatic heterocycles. The molecule has 3 aliphatic rings. The van der Waals surface area contributed by atoms with Gasteiger partial charge in [-0.1, -0.05) is 12.1 Å². The maximum absolute atomic E-state index is 6.07. The molecule has 2 atom stereocenters. The number of nitrogens with zero attached hydrogens (tertiary/aromatic N) is 3. The molecule has 23 heavy (non-hydrogen) atoms. The molecule has 0 amide bonds. The molecule has 0 N–H and O–H groups in total. The maximum Gasteiger partial charge on any atom is 0.240 e. The molecule has 5 nitrogen and oxygen atoms in total. The van der Waals surface area contributed by atoms with E-state index in [0.29, 0.717) is 17.9 Å². The van der Waals surface area contributed by atoms with Gasteiger partial charge in [-0.2, -0.15) is 4.98 Å². The molecule has 0 unspecified atom stereocenters. The summed E-state index contributed by atoms with van der Waals surface area (Å²) < 4.78 is 11.5. The van der Waals surface area contributed by atoms with Gasteiger partial charge in [-0.25, -0.2) is 0 Å². The Morgan fingerprint density at radius 1 is 1.17 bits per heavy atom. The molecule has 122 valence electrons. The van der Waals surface area contributed by atoms with Crippen LogP contribution in [-0.2, 0) is 13.1 Å². The molecule has 0 bridgehead atoms. The number of hydrogen-bond donors (Lipinski definition) is 0. The van der Waals surface area contributed by atoms with Gasteiger partial charge in [-0.05, 0) is 50.2 Å². The van der Waals surface area contributed by atoms with Crippen molar-refractivity contribution in [3.63, 3.8) is 0 Å². The summed E-state index contributed by atoms with van der Waals surface area (Å²) in [5, 5.41) is 4.13. The first-order valence-corrected chi connectivity index (χ1v) is 8.91. The van der Waals surface area contributed by atoms with Crippen LogP contribution in [0.2, 0.25) is 0 Å². The average molecular weight is 313 g/mol. The molecule has 2 heterocycles. The van der Waals surface area contributed by atoms with Crippen LogP contribution in [-0.4, -0.2) is 21.1 Å². The first-order valence-electron chi connectivity index (χ1n) is 8.91. The predicted molar refractivity (Wildman–Crippen MR) is 83.8 cm³/mol. The quantitative estimate of drug-likeness (QED) is 0.777. The van der Waals surface area contributed by atoms with Gasteiger partial charge in [0.2, 0.25) is 5.89 Å². The highest BCUT2D eigenvalue weighted by Gasteiger charge is 2.37. The number of hydrogen-bond acceptors (Lipinski definition) is 5. The number of furan rings is 1. The summed E-state index contributed by atoms with van der Waals surface area (Å²) in [4.78, 5) is 6.99. The van der Waals surface area contributed by atoms with E-state index < -0.39 is 0 Å². The largest absolute Gasteiger partial charge is 0.464 e. The Labute approximate surface area is 136 Å². The summed E-state index contributed by atoms with van der Waals surface area (Å²) in [7, 11) is 0. The molecule has 3 fully saturated rings. The third-order valence-corrected chi connectivity index (χ3v) is 5.34. The first-order chi connectivity index (χ1) is 11.3. The van der Waals surface area contributed by atoms with Crippen LogP contribution in [0.3, 0.4) is 0 Å². The normalized spacial score (nSPS) is 26.9. The lowest BCUT2D eigenvalue weighted by Gasteiger charge is -2.18. The minimum atomic E-state index is 0.551. The second kappa shape index (κ2) is 5.20. The Bertz CT molecular complexity index is 699. The summed E-state index contributed by atoms with van der Waals surface area (Å²) in [6.07, 6.45) is 6.21. The van der Waals surface area contributed by atoms with E-state index in [2.05, 4.69) is 34.1 Å². The monoisotopic (exact) mass is 313 g/mol. The summed E-state index contributed by atoms with van der Waals surface area (Å²) in [6, 6.07) is 4.94. The number of rotatable bonds is 7. The Kier molecular flexibility index (Phi) is 3.11. The molecule has 5 rings (SSSR count). The van der Waals surface area contributed by atoms with Crippen molar-refractivity contribution >= 4 is 0 Å². The van der Waals surface area contributed by atoms with Gasteiger partial charge in [0.1, 0.15) is 11.5 Å². The third-order valence-electron chi connectivity index (χ3n) is 5.34. The van der Waals surface area contributed by atoms with Gasteiger partial charge in [0.25, 0.3) is 0 Å². The van der Waals surface area contributed by atoms with Crippen LogP contribution in [0.5, 0.6) is 0 Å². The smallest absolute Gasteiger partial charge is 0.240 e. The Morgan fingerprint density at radius 2 is 2.00 bits per heavy atom. The van der Waals surface area contributed by atoms with Crippen molar-refractivity contribution in [1.29, 1.82) is 0 Å². The van der Waals surface area contributed by atoms with Gasteiger partial charge in [-0.3, -0.25) is 4.90 Å². The zero-order chi connectivity index (χ0) is 15.4. The topological polar surface area (TPSA) is 55.3 Å². The van der Waals surface area contributed by atoms with E-state index in [1.54, 1.807) is 0 Å². The fourth-order valence-electron chi connectivity index (χ4n) is 3.36. The molecule has 0 radical (unpaired) electrons. The molecule has 2 aromatic rings. The molecule has 5 heteroatoms. The Morgan fingerprint density at radius 3 is 2.70 bits per heavy atom. The minimum Gasteiger partial charge on any atom is -0.464 e. The Balaban J connectivity index is 1.26. The molecule has 0 aromatic carbocycles. The standard InChI is InChI=1S/C18H23N3O2/c1-11-8-15(11)16-7-6-14(22-16)9-21(13-4-5-13)10-17-19-18(20-23-17)12-2-3-12/h6-7,11-13,15H,2-5,8-10H2,1H3/t11-,15-/m0/s1. The van der Waals surface area contributed by atoms with Gasteiger partial charge in [0, 0.05) is 17.9 Å². The molecular formula is C18H23N3O2. The van der Waals surface area contributed by atoms with Crippen LogP contribution in [0.4, 0.5) is 0 Å². The lowest BCUT2D eigenvalue weighted by molar-refractivity contribution is 0.194. The molecule has 2 aromatic heterocycles. The van der Waals surface area contributed by atoms with Crippen molar-refractivity contribution in [1.82, 2.24) is 15.0 Å². The van der Waals surface area contributed by atoms with Crippen LogP contribution in [0.15, 0.2) is 21.1 Å². The summed E-state index contributed by atoms with van der Waals surface area (Å²) in [5.41, 5.74) is 0. The van der Waals surface area contributed by atoms with Crippen molar-refractivity contribution in [3.8, 4) is 0 Å². The second-order valence-electron chi connectivity index (χ2n) is 7.58. The SMILES string of the molecule is C[C@H]1C[C@@H]1c1ccc(CN(Cc2nc(C3CC3)no2)C2CC2)o1. The van der Waals surface area contributed by atoms with Crippen LogP contribution in [0.25, 0.3) is 0 Å². The van der Waals surface area contributed by atoms with E-state index in [-0.39, 0.29) is 0 Å². The van der Waals surface area contributed by atoms with Gasteiger partial charge in [0.15, 0.2) is 5.82 Å². The minimum absolute atomic E-state index is 0.551. The van der Waals surface area contributed by atoms with E-state index in [1.807, 2.05) is 0 Å². The molecule has 3 saturated carbocycles.